The lowest BCUT2D eigenvalue weighted by Gasteiger charge is -2.27. The molecule has 2 aromatic carbocycles. The molecule has 0 spiro atoms. The Kier molecular flexibility index (Phi) is 5.14. The number of rotatable bonds is 7. The van der Waals surface area contributed by atoms with Crippen LogP contribution >= 0.6 is 0 Å². The normalized spacial score (nSPS) is 15.6. The molecule has 1 saturated carbocycles. The van der Waals surface area contributed by atoms with Crippen LogP contribution in [0.3, 0.4) is 0 Å². The van der Waals surface area contributed by atoms with E-state index in [9.17, 15) is 5.11 Å². The van der Waals surface area contributed by atoms with E-state index in [1.165, 1.54) is 19.3 Å². The van der Waals surface area contributed by atoms with Crippen molar-refractivity contribution in [3.8, 4) is 17.0 Å². The first-order valence-corrected chi connectivity index (χ1v) is 9.29. The molecule has 2 N–H and O–H groups in total. The van der Waals surface area contributed by atoms with Crippen LogP contribution in [0.5, 0.6) is 5.75 Å². The van der Waals surface area contributed by atoms with Gasteiger partial charge in [-0.25, -0.2) is 4.98 Å². The maximum absolute atomic E-state index is 10.2. The summed E-state index contributed by atoms with van der Waals surface area (Å²) in [6, 6.07) is 20.6. The molecule has 1 aromatic heterocycles. The monoisotopic (exact) mass is 348 g/mol. The molecule has 1 atom stereocenters. The van der Waals surface area contributed by atoms with Gasteiger partial charge in [0.25, 0.3) is 0 Å². The summed E-state index contributed by atoms with van der Waals surface area (Å²) < 4.78 is 6.00. The number of aromatic nitrogens is 1. The van der Waals surface area contributed by atoms with Crippen LogP contribution in [0.25, 0.3) is 22.2 Å². The minimum Gasteiger partial charge on any atom is -0.490 e. The number of aliphatic hydroxyl groups excluding tert-OH is 1. The molecule has 1 unspecified atom stereocenters. The van der Waals surface area contributed by atoms with Crippen molar-refractivity contribution in [2.24, 2.45) is 0 Å². The molecule has 1 fully saturated rings. The highest BCUT2D eigenvalue weighted by Crippen LogP contribution is 2.30. The van der Waals surface area contributed by atoms with Gasteiger partial charge in [0.1, 0.15) is 18.5 Å². The van der Waals surface area contributed by atoms with Crippen molar-refractivity contribution in [1.29, 1.82) is 0 Å². The van der Waals surface area contributed by atoms with Gasteiger partial charge in [0, 0.05) is 29.6 Å². The minimum atomic E-state index is -0.525. The standard InChI is InChI=1S/C22H24N2O2/c25-18(14-23-17-9-6-10-17)15-26-22-13-21(16-7-2-1-3-8-16)24-20-12-5-4-11-19(20)22/h1-5,7-8,11-13,17-18,23,25H,6,9-10,14-15H2. The third-order valence-corrected chi connectivity index (χ3v) is 4.93. The van der Waals surface area contributed by atoms with Crippen LogP contribution in [0.15, 0.2) is 60.7 Å². The maximum Gasteiger partial charge on any atom is 0.131 e. The molecule has 0 radical (unpaired) electrons. The van der Waals surface area contributed by atoms with E-state index in [-0.39, 0.29) is 6.61 Å². The second-order valence-corrected chi connectivity index (χ2v) is 6.89. The number of nitrogens with zero attached hydrogens (tertiary/aromatic N) is 1. The van der Waals surface area contributed by atoms with E-state index in [1.54, 1.807) is 0 Å². The smallest absolute Gasteiger partial charge is 0.131 e. The highest BCUT2D eigenvalue weighted by atomic mass is 16.5. The lowest BCUT2D eigenvalue weighted by Crippen LogP contribution is -2.41. The molecule has 0 amide bonds. The van der Waals surface area contributed by atoms with Gasteiger partial charge < -0.3 is 15.2 Å². The van der Waals surface area contributed by atoms with E-state index in [2.05, 4.69) is 5.32 Å². The van der Waals surface area contributed by atoms with Crippen LogP contribution < -0.4 is 10.1 Å². The number of para-hydroxylation sites is 1. The Morgan fingerprint density at radius 2 is 1.85 bits per heavy atom. The van der Waals surface area contributed by atoms with Crippen LogP contribution in [0.4, 0.5) is 0 Å². The van der Waals surface area contributed by atoms with Gasteiger partial charge in [0.2, 0.25) is 0 Å². The molecule has 0 aliphatic heterocycles. The Morgan fingerprint density at radius 1 is 1.08 bits per heavy atom. The zero-order chi connectivity index (χ0) is 17.8. The number of hydrogen-bond acceptors (Lipinski definition) is 4. The number of hydrogen-bond donors (Lipinski definition) is 2. The van der Waals surface area contributed by atoms with Gasteiger partial charge >= 0.3 is 0 Å². The van der Waals surface area contributed by atoms with Crippen molar-refractivity contribution in [2.45, 2.75) is 31.4 Å². The van der Waals surface area contributed by atoms with Gasteiger partial charge in [-0.2, -0.15) is 0 Å². The first-order valence-electron chi connectivity index (χ1n) is 9.29. The van der Waals surface area contributed by atoms with Crippen molar-refractivity contribution < 1.29 is 9.84 Å². The fraction of sp³-hybridized carbons (Fsp3) is 0.318. The molecule has 1 heterocycles. The maximum atomic E-state index is 10.2. The zero-order valence-corrected chi connectivity index (χ0v) is 14.8. The van der Waals surface area contributed by atoms with Gasteiger partial charge in [0.15, 0.2) is 0 Å². The van der Waals surface area contributed by atoms with Gasteiger partial charge in [-0.1, -0.05) is 48.9 Å². The lowest BCUT2D eigenvalue weighted by atomic mass is 9.93. The van der Waals surface area contributed by atoms with Crippen molar-refractivity contribution >= 4 is 10.9 Å². The molecule has 3 aromatic rings. The van der Waals surface area contributed by atoms with Crippen LogP contribution in [0.1, 0.15) is 19.3 Å². The number of fused-ring (bicyclic) bond motifs is 1. The van der Waals surface area contributed by atoms with Gasteiger partial charge in [-0.3, -0.25) is 0 Å². The predicted octanol–water partition coefficient (Wildman–Crippen LogP) is 3.78. The third kappa shape index (κ3) is 3.87. The highest BCUT2D eigenvalue weighted by Gasteiger charge is 2.18. The van der Waals surface area contributed by atoms with Crippen molar-refractivity contribution in [3.63, 3.8) is 0 Å². The van der Waals surface area contributed by atoms with E-state index in [4.69, 9.17) is 9.72 Å². The molecule has 4 nitrogen and oxygen atoms in total. The van der Waals surface area contributed by atoms with Gasteiger partial charge in [-0.15, -0.1) is 0 Å². The molecule has 0 saturated heterocycles. The quantitative estimate of drug-likeness (QED) is 0.682. The summed E-state index contributed by atoms with van der Waals surface area (Å²) in [4.78, 5) is 4.76. The lowest BCUT2D eigenvalue weighted by molar-refractivity contribution is 0.100. The average Bonchev–Trinajstić information content (AvgIpc) is 2.65. The summed E-state index contributed by atoms with van der Waals surface area (Å²) in [6.45, 7) is 0.835. The summed E-state index contributed by atoms with van der Waals surface area (Å²) in [7, 11) is 0. The van der Waals surface area contributed by atoms with Crippen LogP contribution in [-0.4, -0.2) is 35.4 Å². The average molecular weight is 348 g/mol. The first kappa shape index (κ1) is 17.0. The zero-order valence-electron chi connectivity index (χ0n) is 14.8. The molecule has 134 valence electrons. The second-order valence-electron chi connectivity index (χ2n) is 6.89. The topological polar surface area (TPSA) is 54.4 Å². The van der Waals surface area contributed by atoms with E-state index in [1.807, 2.05) is 60.7 Å². The SMILES string of the molecule is OC(CNC1CCC1)COc1cc(-c2ccccc2)nc2ccccc12. The fourth-order valence-electron chi connectivity index (χ4n) is 3.18. The fourth-order valence-corrected chi connectivity index (χ4v) is 3.18. The number of pyridine rings is 1. The Labute approximate surface area is 153 Å². The number of ether oxygens (including phenoxy) is 1. The highest BCUT2D eigenvalue weighted by molar-refractivity contribution is 5.87. The second kappa shape index (κ2) is 7.85. The van der Waals surface area contributed by atoms with E-state index >= 15 is 0 Å². The van der Waals surface area contributed by atoms with Crippen LogP contribution in [0, 0.1) is 0 Å². The van der Waals surface area contributed by atoms with Crippen LogP contribution in [0.2, 0.25) is 0 Å². The van der Waals surface area contributed by atoms with E-state index in [0.29, 0.717) is 12.6 Å². The Bertz CT molecular complexity index is 862. The predicted molar refractivity (Wildman–Crippen MR) is 104 cm³/mol. The summed E-state index contributed by atoms with van der Waals surface area (Å²) in [5.41, 5.74) is 2.82. The summed E-state index contributed by atoms with van der Waals surface area (Å²) in [6.07, 6.45) is 3.18. The van der Waals surface area contributed by atoms with E-state index in [0.717, 1.165) is 27.9 Å². The van der Waals surface area contributed by atoms with Crippen molar-refractivity contribution in [2.75, 3.05) is 13.2 Å². The minimum absolute atomic E-state index is 0.266. The summed E-state index contributed by atoms with van der Waals surface area (Å²) in [5, 5.41) is 14.6. The van der Waals surface area contributed by atoms with E-state index < -0.39 is 6.10 Å². The third-order valence-electron chi connectivity index (χ3n) is 4.93. The summed E-state index contributed by atoms with van der Waals surface area (Å²) >= 11 is 0. The molecule has 26 heavy (non-hydrogen) atoms. The molecule has 4 heteroatoms. The van der Waals surface area contributed by atoms with Gasteiger partial charge in [-0.05, 0) is 25.0 Å². The Morgan fingerprint density at radius 3 is 2.62 bits per heavy atom. The number of nitrogens with one attached hydrogen (secondary N) is 1. The van der Waals surface area contributed by atoms with Crippen molar-refractivity contribution in [1.82, 2.24) is 10.3 Å². The number of benzene rings is 2. The summed E-state index contributed by atoms with van der Waals surface area (Å²) in [5.74, 6) is 0.761. The van der Waals surface area contributed by atoms with Gasteiger partial charge in [0.05, 0.1) is 11.2 Å². The molecular formula is C22H24N2O2. The van der Waals surface area contributed by atoms with Crippen molar-refractivity contribution in [3.05, 3.63) is 60.7 Å². The largest absolute Gasteiger partial charge is 0.490 e. The Balaban J connectivity index is 1.53. The molecule has 4 rings (SSSR count). The Hall–Kier alpha value is -2.43. The molecule has 1 aliphatic carbocycles. The number of aliphatic hydroxyl groups is 1. The molecule has 0 bridgehead atoms. The first-order chi connectivity index (χ1) is 12.8. The molecule has 1 aliphatic rings. The molecular weight excluding hydrogens is 324 g/mol. The van der Waals surface area contributed by atoms with Crippen LogP contribution in [-0.2, 0) is 0 Å².